The van der Waals surface area contributed by atoms with Crippen molar-refractivity contribution in [2.45, 2.75) is 58.9 Å². The fourth-order valence-corrected chi connectivity index (χ4v) is 2.76. The van der Waals surface area contributed by atoms with Gasteiger partial charge in [-0.1, -0.05) is 39.2 Å². The Bertz CT molecular complexity index is 617. The van der Waals surface area contributed by atoms with E-state index >= 15 is 0 Å². The van der Waals surface area contributed by atoms with Crippen molar-refractivity contribution in [3.63, 3.8) is 0 Å². The van der Waals surface area contributed by atoms with E-state index in [1.54, 1.807) is 12.1 Å². The Balaban J connectivity index is 2.41. The van der Waals surface area contributed by atoms with Crippen LogP contribution in [0.5, 0.6) is 0 Å². The minimum Gasteiger partial charge on any atom is -0.478 e. The van der Waals surface area contributed by atoms with Gasteiger partial charge < -0.3 is 9.67 Å². The molecule has 0 atom stereocenters. The second-order valence-corrected chi connectivity index (χ2v) is 5.47. The van der Waals surface area contributed by atoms with Gasteiger partial charge >= 0.3 is 5.97 Å². The smallest absolute Gasteiger partial charge is 0.337 e. The van der Waals surface area contributed by atoms with Crippen LogP contribution in [-0.4, -0.2) is 20.6 Å². The van der Waals surface area contributed by atoms with E-state index < -0.39 is 5.97 Å². The van der Waals surface area contributed by atoms with Crippen LogP contribution in [0.3, 0.4) is 0 Å². The zero-order valence-electron chi connectivity index (χ0n) is 12.9. The number of para-hydroxylation sites is 1. The lowest BCUT2D eigenvalue weighted by molar-refractivity contribution is 0.0698. The van der Waals surface area contributed by atoms with Crippen molar-refractivity contribution in [2.24, 2.45) is 0 Å². The number of aromatic carboxylic acids is 1. The average molecular weight is 288 g/mol. The average Bonchev–Trinajstić information content (AvgIpc) is 2.81. The van der Waals surface area contributed by atoms with Crippen LogP contribution in [0.1, 0.15) is 62.1 Å². The SMILES string of the molecule is CCCCCCn1c(CCC)nc2cccc(C(=O)O)c21. The number of hydrogen-bond acceptors (Lipinski definition) is 2. The lowest BCUT2D eigenvalue weighted by Gasteiger charge is -2.10. The zero-order valence-corrected chi connectivity index (χ0v) is 12.9. The molecule has 0 aliphatic carbocycles. The molecule has 114 valence electrons. The summed E-state index contributed by atoms with van der Waals surface area (Å²) >= 11 is 0. The Morgan fingerprint density at radius 2 is 2.00 bits per heavy atom. The van der Waals surface area contributed by atoms with Gasteiger partial charge in [0.1, 0.15) is 5.82 Å². The Morgan fingerprint density at radius 1 is 1.19 bits per heavy atom. The molecule has 2 rings (SSSR count). The van der Waals surface area contributed by atoms with Crippen LogP contribution in [-0.2, 0) is 13.0 Å². The van der Waals surface area contributed by atoms with Crippen LogP contribution < -0.4 is 0 Å². The molecule has 1 N–H and O–H groups in total. The number of carboxylic acids is 1. The van der Waals surface area contributed by atoms with Gasteiger partial charge in [0.25, 0.3) is 0 Å². The summed E-state index contributed by atoms with van der Waals surface area (Å²) in [7, 11) is 0. The predicted octanol–water partition coefficient (Wildman–Crippen LogP) is 4.27. The van der Waals surface area contributed by atoms with Crippen LogP contribution in [0.25, 0.3) is 11.0 Å². The maximum atomic E-state index is 11.5. The molecule has 2 aromatic rings. The highest BCUT2D eigenvalue weighted by Gasteiger charge is 2.16. The van der Waals surface area contributed by atoms with Crippen molar-refractivity contribution in [1.82, 2.24) is 9.55 Å². The molecule has 0 saturated heterocycles. The molecule has 4 heteroatoms. The fourth-order valence-electron chi connectivity index (χ4n) is 2.76. The largest absolute Gasteiger partial charge is 0.478 e. The Morgan fingerprint density at radius 3 is 2.67 bits per heavy atom. The number of carboxylic acid groups (broad SMARTS) is 1. The number of aromatic nitrogens is 2. The number of benzene rings is 1. The predicted molar refractivity (Wildman–Crippen MR) is 84.8 cm³/mol. The lowest BCUT2D eigenvalue weighted by atomic mass is 10.1. The van der Waals surface area contributed by atoms with Crippen molar-refractivity contribution < 1.29 is 9.90 Å². The summed E-state index contributed by atoms with van der Waals surface area (Å²) in [5.74, 6) is 0.135. The van der Waals surface area contributed by atoms with Gasteiger partial charge in [0, 0.05) is 13.0 Å². The van der Waals surface area contributed by atoms with E-state index in [-0.39, 0.29) is 0 Å². The summed E-state index contributed by atoms with van der Waals surface area (Å²) in [5.41, 5.74) is 1.94. The molecule has 0 radical (unpaired) electrons. The maximum Gasteiger partial charge on any atom is 0.337 e. The van der Waals surface area contributed by atoms with Crippen molar-refractivity contribution in [3.05, 3.63) is 29.6 Å². The molecule has 0 amide bonds. The first kappa shape index (κ1) is 15.5. The third-order valence-electron chi connectivity index (χ3n) is 3.79. The number of rotatable bonds is 8. The third kappa shape index (κ3) is 3.43. The lowest BCUT2D eigenvalue weighted by Crippen LogP contribution is -2.07. The van der Waals surface area contributed by atoms with E-state index in [1.165, 1.54) is 19.3 Å². The number of fused-ring (bicyclic) bond motifs is 1. The van der Waals surface area contributed by atoms with Crippen LogP contribution in [0.4, 0.5) is 0 Å². The standard InChI is InChI=1S/C17H24N2O2/c1-3-5-6-7-12-19-15(9-4-2)18-14-11-8-10-13(16(14)19)17(20)21/h8,10-11H,3-7,9,12H2,1-2H3,(H,20,21). The summed E-state index contributed by atoms with van der Waals surface area (Å²) in [6.45, 7) is 5.17. The zero-order chi connectivity index (χ0) is 15.2. The number of aryl methyl sites for hydroxylation is 2. The molecule has 0 spiro atoms. The van der Waals surface area contributed by atoms with E-state index in [0.29, 0.717) is 5.56 Å². The summed E-state index contributed by atoms with van der Waals surface area (Å²) in [5, 5.41) is 9.41. The fraction of sp³-hybridized carbons (Fsp3) is 0.529. The molecular formula is C17H24N2O2. The van der Waals surface area contributed by atoms with Crippen molar-refractivity contribution in [2.75, 3.05) is 0 Å². The van der Waals surface area contributed by atoms with Gasteiger partial charge in [0.2, 0.25) is 0 Å². The van der Waals surface area contributed by atoms with Gasteiger partial charge in [-0.15, -0.1) is 0 Å². The number of carbonyl (C=O) groups is 1. The second-order valence-electron chi connectivity index (χ2n) is 5.47. The summed E-state index contributed by atoms with van der Waals surface area (Å²) in [4.78, 5) is 16.1. The molecule has 0 aliphatic rings. The highest BCUT2D eigenvalue weighted by molar-refractivity contribution is 6.01. The first-order valence-electron chi connectivity index (χ1n) is 7.90. The van der Waals surface area contributed by atoms with Gasteiger partial charge in [-0.05, 0) is 25.0 Å². The normalized spacial score (nSPS) is 11.1. The van der Waals surface area contributed by atoms with Gasteiger partial charge in [0.15, 0.2) is 0 Å². The Labute approximate surface area is 125 Å². The highest BCUT2D eigenvalue weighted by atomic mass is 16.4. The molecule has 0 aliphatic heterocycles. The molecule has 0 saturated carbocycles. The molecule has 1 heterocycles. The van der Waals surface area contributed by atoms with Gasteiger partial charge in [-0.25, -0.2) is 9.78 Å². The Kier molecular flexibility index (Phi) is 5.37. The highest BCUT2D eigenvalue weighted by Crippen LogP contribution is 2.22. The third-order valence-corrected chi connectivity index (χ3v) is 3.79. The van der Waals surface area contributed by atoms with Crippen molar-refractivity contribution >= 4 is 17.0 Å². The molecule has 0 bridgehead atoms. The number of nitrogens with zero attached hydrogens (tertiary/aromatic N) is 2. The molecular weight excluding hydrogens is 264 g/mol. The number of unbranched alkanes of at least 4 members (excludes halogenated alkanes) is 3. The second kappa shape index (κ2) is 7.25. The minimum atomic E-state index is -0.877. The number of hydrogen-bond donors (Lipinski definition) is 1. The summed E-state index contributed by atoms with van der Waals surface area (Å²) in [6.07, 6.45) is 6.58. The van der Waals surface area contributed by atoms with E-state index in [0.717, 1.165) is 42.7 Å². The van der Waals surface area contributed by atoms with E-state index in [1.807, 2.05) is 6.07 Å². The van der Waals surface area contributed by atoms with Crippen LogP contribution in [0.2, 0.25) is 0 Å². The van der Waals surface area contributed by atoms with Crippen LogP contribution in [0, 0.1) is 0 Å². The molecule has 0 fully saturated rings. The molecule has 21 heavy (non-hydrogen) atoms. The Hall–Kier alpha value is -1.84. The van der Waals surface area contributed by atoms with Crippen molar-refractivity contribution in [3.8, 4) is 0 Å². The van der Waals surface area contributed by atoms with Crippen molar-refractivity contribution in [1.29, 1.82) is 0 Å². The maximum absolute atomic E-state index is 11.5. The first-order chi connectivity index (χ1) is 10.2. The van der Waals surface area contributed by atoms with Crippen LogP contribution >= 0.6 is 0 Å². The summed E-state index contributed by atoms with van der Waals surface area (Å²) < 4.78 is 2.12. The topological polar surface area (TPSA) is 55.1 Å². The van der Waals surface area contributed by atoms with E-state index in [9.17, 15) is 9.90 Å². The summed E-state index contributed by atoms with van der Waals surface area (Å²) in [6, 6.07) is 5.35. The quantitative estimate of drug-likeness (QED) is 0.738. The van der Waals surface area contributed by atoms with E-state index in [2.05, 4.69) is 23.4 Å². The first-order valence-corrected chi connectivity index (χ1v) is 7.90. The number of imidazole rings is 1. The minimum absolute atomic E-state index is 0.359. The molecule has 4 nitrogen and oxygen atoms in total. The van der Waals surface area contributed by atoms with Gasteiger partial charge in [-0.3, -0.25) is 0 Å². The monoisotopic (exact) mass is 288 g/mol. The van der Waals surface area contributed by atoms with Crippen LogP contribution in [0.15, 0.2) is 18.2 Å². The van der Waals surface area contributed by atoms with E-state index in [4.69, 9.17) is 0 Å². The molecule has 1 aromatic carbocycles. The van der Waals surface area contributed by atoms with Gasteiger partial charge in [0.05, 0.1) is 16.6 Å². The van der Waals surface area contributed by atoms with Gasteiger partial charge in [-0.2, -0.15) is 0 Å². The molecule has 0 unspecified atom stereocenters. The molecule has 1 aromatic heterocycles.